The minimum Gasteiger partial charge on any atom is -0.462 e. The average molecular weight is 685 g/mol. The van der Waals surface area contributed by atoms with E-state index >= 15 is 0 Å². The number of allylic oxidation sites excluding steroid dienone is 8. The van der Waals surface area contributed by atoms with Crippen LogP contribution in [0.2, 0.25) is 0 Å². The largest absolute Gasteiger partial charge is 0.472 e. The number of unbranched alkanes of at least 4 members (excludes halogenated alkanes) is 9. The molecule has 0 aliphatic heterocycles. The molecule has 2 atom stereocenters. The van der Waals surface area contributed by atoms with Crippen molar-refractivity contribution < 1.29 is 42.1 Å². The average Bonchev–Trinajstić information content (AvgIpc) is 3.01. The third kappa shape index (κ3) is 33.7. The summed E-state index contributed by atoms with van der Waals surface area (Å²) in [7, 11) is 1.44. The van der Waals surface area contributed by atoms with E-state index in [-0.39, 0.29) is 26.1 Å². The number of phosphoric acid groups is 1. The zero-order chi connectivity index (χ0) is 35.1. The van der Waals surface area contributed by atoms with Gasteiger partial charge in [-0.3, -0.25) is 18.6 Å². The SMILES string of the molecule is CC/C=C/C/C=C/C/C=C/C/C=C/CCCCC(=O)OC[C@@H](COP(=O)(O)OCC[N+](C)(C)C)OC(=O)CCCCCCCCCC. The van der Waals surface area contributed by atoms with Crippen molar-refractivity contribution >= 4 is 19.8 Å². The van der Waals surface area contributed by atoms with Crippen LogP contribution in [0.25, 0.3) is 0 Å². The van der Waals surface area contributed by atoms with E-state index in [4.69, 9.17) is 18.5 Å². The van der Waals surface area contributed by atoms with Crippen LogP contribution < -0.4 is 0 Å². The fraction of sp³-hybridized carbons (Fsp3) is 0.730. The van der Waals surface area contributed by atoms with Gasteiger partial charge in [0.1, 0.15) is 19.8 Å². The van der Waals surface area contributed by atoms with E-state index in [2.05, 4.69) is 62.5 Å². The fourth-order valence-electron chi connectivity index (χ4n) is 4.30. The van der Waals surface area contributed by atoms with Gasteiger partial charge in [-0.25, -0.2) is 4.57 Å². The second kappa shape index (κ2) is 30.1. The molecule has 0 radical (unpaired) electrons. The van der Waals surface area contributed by atoms with Crippen LogP contribution in [0.4, 0.5) is 0 Å². The first-order chi connectivity index (χ1) is 22.5. The summed E-state index contributed by atoms with van der Waals surface area (Å²) in [5, 5.41) is 0. The minimum absolute atomic E-state index is 0.0239. The first-order valence-corrected chi connectivity index (χ1v) is 19.4. The van der Waals surface area contributed by atoms with Crippen LogP contribution in [0.3, 0.4) is 0 Å². The molecule has 0 rings (SSSR count). The van der Waals surface area contributed by atoms with Crippen LogP contribution >= 0.6 is 7.82 Å². The van der Waals surface area contributed by atoms with Gasteiger partial charge in [0.05, 0.1) is 27.7 Å². The Bertz CT molecular complexity index is 954. The number of hydrogen-bond donors (Lipinski definition) is 1. The molecule has 10 heteroatoms. The van der Waals surface area contributed by atoms with Crippen LogP contribution in [0.5, 0.6) is 0 Å². The lowest BCUT2D eigenvalue weighted by atomic mass is 10.1. The lowest BCUT2D eigenvalue weighted by Crippen LogP contribution is -2.37. The first kappa shape index (κ1) is 45.0. The highest BCUT2D eigenvalue weighted by molar-refractivity contribution is 7.47. The first-order valence-electron chi connectivity index (χ1n) is 17.9. The lowest BCUT2D eigenvalue weighted by Gasteiger charge is -2.24. The van der Waals surface area contributed by atoms with Gasteiger partial charge < -0.3 is 18.9 Å². The number of carbonyl (C=O) groups excluding carboxylic acids is 2. The molecule has 0 aliphatic carbocycles. The maximum Gasteiger partial charge on any atom is 0.472 e. The monoisotopic (exact) mass is 684 g/mol. The van der Waals surface area contributed by atoms with Crippen LogP contribution in [-0.2, 0) is 32.7 Å². The van der Waals surface area contributed by atoms with Crippen molar-refractivity contribution in [3.05, 3.63) is 48.6 Å². The van der Waals surface area contributed by atoms with Gasteiger partial charge in [-0.05, 0) is 51.4 Å². The van der Waals surface area contributed by atoms with Crippen molar-refractivity contribution in [2.75, 3.05) is 47.5 Å². The summed E-state index contributed by atoms with van der Waals surface area (Å²) in [5.41, 5.74) is 0. The molecule has 272 valence electrons. The molecule has 0 aliphatic rings. The standard InChI is InChI=1S/C37H66NO8P/c1-6-8-10-12-14-16-17-18-19-20-21-22-24-25-27-29-36(39)43-33-35(34-45-47(41,42)44-32-31-38(3,4)5)46-37(40)30-28-26-23-15-13-11-9-7-2/h8,10,14,16,18-19,21-22,35H,6-7,9,11-13,15,17,20,23-34H2,1-5H3/p+1/b10-8+,16-14+,19-18+,22-21+/t35-/m0/s1. The van der Waals surface area contributed by atoms with E-state index in [1.807, 2.05) is 21.1 Å². The molecule has 0 heterocycles. The molecular weight excluding hydrogens is 617 g/mol. The molecule has 1 unspecified atom stereocenters. The van der Waals surface area contributed by atoms with E-state index in [0.717, 1.165) is 57.8 Å². The lowest BCUT2D eigenvalue weighted by molar-refractivity contribution is -0.870. The quantitative estimate of drug-likeness (QED) is 0.0253. The summed E-state index contributed by atoms with van der Waals surface area (Å²) in [6, 6.07) is 0. The molecule has 9 nitrogen and oxygen atoms in total. The summed E-state index contributed by atoms with van der Waals surface area (Å²) in [4.78, 5) is 35.0. The van der Waals surface area contributed by atoms with Crippen molar-refractivity contribution in [1.29, 1.82) is 0 Å². The normalized spacial score (nSPS) is 14.4. The van der Waals surface area contributed by atoms with E-state index in [0.29, 0.717) is 23.9 Å². The van der Waals surface area contributed by atoms with Crippen LogP contribution in [0.15, 0.2) is 48.6 Å². The Hall–Kier alpha value is -2.03. The van der Waals surface area contributed by atoms with Gasteiger partial charge in [-0.2, -0.15) is 0 Å². The highest BCUT2D eigenvalue weighted by atomic mass is 31.2. The van der Waals surface area contributed by atoms with Crippen molar-refractivity contribution in [1.82, 2.24) is 0 Å². The molecule has 0 saturated carbocycles. The molecular formula is C37H67NO8P+. The fourth-order valence-corrected chi connectivity index (χ4v) is 5.04. The summed E-state index contributed by atoms with van der Waals surface area (Å²) in [6.45, 7) is 4.19. The molecule has 1 N–H and O–H groups in total. The summed E-state index contributed by atoms with van der Waals surface area (Å²) in [6.07, 6.45) is 31.8. The van der Waals surface area contributed by atoms with Gasteiger partial charge in [-0.1, -0.05) is 107 Å². The van der Waals surface area contributed by atoms with E-state index < -0.39 is 32.5 Å². The number of phosphoric ester groups is 1. The van der Waals surface area contributed by atoms with E-state index in [1.54, 1.807) is 0 Å². The van der Waals surface area contributed by atoms with Crippen molar-refractivity contribution in [2.45, 2.75) is 129 Å². The number of esters is 2. The number of likely N-dealkylation sites (N-methyl/N-ethyl adjacent to an activating group) is 1. The zero-order valence-corrected chi connectivity index (χ0v) is 31.1. The number of ether oxygens (including phenoxy) is 2. The zero-order valence-electron chi connectivity index (χ0n) is 30.2. The van der Waals surface area contributed by atoms with E-state index in [1.165, 1.54) is 25.7 Å². The Morgan fingerprint density at radius 1 is 0.681 bits per heavy atom. The van der Waals surface area contributed by atoms with Crippen molar-refractivity contribution in [3.8, 4) is 0 Å². The molecule has 0 aromatic carbocycles. The Morgan fingerprint density at radius 3 is 1.81 bits per heavy atom. The van der Waals surface area contributed by atoms with Gasteiger partial charge in [0.2, 0.25) is 0 Å². The van der Waals surface area contributed by atoms with Crippen molar-refractivity contribution in [2.24, 2.45) is 0 Å². The van der Waals surface area contributed by atoms with Gasteiger partial charge >= 0.3 is 19.8 Å². The number of nitrogens with zero attached hydrogens (tertiary/aromatic N) is 1. The third-order valence-electron chi connectivity index (χ3n) is 7.12. The highest BCUT2D eigenvalue weighted by Gasteiger charge is 2.27. The van der Waals surface area contributed by atoms with Gasteiger partial charge in [-0.15, -0.1) is 0 Å². The Balaban J connectivity index is 4.51. The van der Waals surface area contributed by atoms with Crippen LogP contribution in [0.1, 0.15) is 123 Å². The molecule has 0 fully saturated rings. The molecule has 0 spiro atoms. The molecule has 0 aromatic rings. The minimum atomic E-state index is -4.37. The number of quaternary nitrogens is 1. The molecule has 0 bridgehead atoms. The predicted octanol–water partition coefficient (Wildman–Crippen LogP) is 9.18. The Kier molecular flexibility index (Phi) is 28.8. The summed E-state index contributed by atoms with van der Waals surface area (Å²) >= 11 is 0. The highest BCUT2D eigenvalue weighted by Crippen LogP contribution is 2.43. The molecule has 47 heavy (non-hydrogen) atoms. The molecule has 0 aromatic heterocycles. The van der Waals surface area contributed by atoms with Crippen LogP contribution in [-0.4, -0.2) is 74.9 Å². The van der Waals surface area contributed by atoms with Gasteiger partial charge in [0.25, 0.3) is 0 Å². The summed E-state index contributed by atoms with van der Waals surface area (Å²) in [5.74, 6) is -0.858. The summed E-state index contributed by atoms with van der Waals surface area (Å²) < 4.78 is 34.0. The third-order valence-corrected chi connectivity index (χ3v) is 8.11. The predicted molar refractivity (Wildman–Crippen MR) is 192 cm³/mol. The van der Waals surface area contributed by atoms with Gasteiger partial charge in [0, 0.05) is 12.8 Å². The number of carbonyl (C=O) groups is 2. The topological polar surface area (TPSA) is 108 Å². The maximum atomic E-state index is 12.5. The van der Waals surface area contributed by atoms with Crippen LogP contribution in [0, 0.1) is 0 Å². The van der Waals surface area contributed by atoms with Gasteiger partial charge in [0.15, 0.2) is 6.10 Å². The van der Waals surface area contributed by atoms with Crippen molar-refractivity contribution in [3.63, 3.8) is 0 Å². The second-order valence-corrected chi connectivity index (χ2v) is 14.3. The Labute approximate surface area is 286 Å². The molecule has 0 saturated heterocycles. The number of rotatable bonds is 31. The number of hydrogen-bond acceptors (Lipinski definition) is 7. The smallest absolute Gasteiger partial charge is 0.462 e. The van der Waals surface area contributed by atoms with E-state index in [9.17, 15) is 19.0 Å². The maximum absolute atomic E-state index is 12.5. The molecule has 0 amide bonds. The second-order valence-electron chi connectivity index (χ2n) is 12.9. The Morgan fingerprint density at radius 2 is 1.21 bits per heavy atom.